The fourth-order valence-corrected chi connectivity index (χ4v) is 6.27. The summed E-state index contributed by atoms with van der Waals surface area (Å²) in [7, 11) is -3.61. The van der Waals surface area contributed by atoms with E-state index in [2.05, 4.69) is 5.32 Å². The van der Waals surface area contributed by atoms with Crippen molar-refractivity contribution in [2.24, 2.45) is 0 Å². The number of thiophene rings is 1. The number of nitrogens with zero attached hydrogens (tertiary/aromatic N) is 1. The van der Waals surface area contributed by atoms with Crippen LogP contribution >= 0.6 is 46.1 Å². The number of carbonyl (C=O) groups excluding carboxylic acids is 2. The lowest BCUT2D eigenvalue weighted by molar-refractivity contribution is -0.139. The van der Waals surface area contributed by atoms with Gasteiger partial charge < -0.3 is 19.7 Å². The van der Waals surface area contributed by atoms with E-state index in [1.807, 2.05) is 0 Å². The summed E-state index contributed by atoms with van der Waals surface area (Å²) in [4.78, 5) is 39.8. The van der Waals surface area contributed by atoms with E-state index >= 15 is 0 Å². The maximum atomic E-state index is 13.1. The lowest BCUT2D eigenvalue weighted by Gasteiger charge is -2.30. The lowest BCUT2D eigenvalue weighted by Crippen LogP contribution is -2.42. The fraction of sp³-hybridized carbons (Fsp3) is 0.261. The quantitative estimate of drug-likeness (QED) is 0.409. The molecule has 37 heavy (non-hydrogen) atoms. The van der Waals surface area contributed by atoms with Crippen LogP contribution in [0.1, 0.15) is 36.9 Å². The van der Waals surface area contributed by atoms with Gasteiger partial charge in [0.2, 0.25) is 14.9 Å². The standard InChI is InChI=1S/C23H19Cl3N2O7S2/c1-37(33,34)18-5-2-12(35-18)9-15(23(31)32)27-21(29)19-14(24)8-11-10-28(7-6-13(11)20(19)26)22(30)16-3-4-17(25)36-16/h2-5,8,15H,6-7,9-10H2,1H3,(H,27,29)(H,31,32)/t15-/m0/s1. The van der Waals surface area contributed by atoms with Crippen molar-refractivity contribution in [3.8, 4) is 0 Å². The Labute approximate surface area is 230 Å². The fourth-order valence-electron chi connectivity index (χ4n) is 3.92. The Bertz CT molecular complexity index is 1510. The van der Waals surface area contributed by atoms with Gasteiger partial charge in [-0.15, -0.1) is 11.3 Å². The number of hydrogen-bond acceptors (Lipinski definition) is 7. The number of halogens is 3. The molecule has 0 unspecified atom stereocenters. The van der Waals surface area contributed by atoms with Crippen LogP contribution < -0.4 is 5.32 Å². The van der Waals surface area contributed by atoms with Gasteiger partial charge in [0.05, 0.1) is 24.8 Å². The second kappa shape index (κ2) is 10.7. The van der Waals surface area contributed by atoms with Crippen LogP contribution in [0.4, 0.5) is 0 Å². The molecule has 1 aliphatic rings. The van der Waals surface area contributed by atoms with Gasteiger partial charge in [0, 0.05) is 25.8 Å². The van der Waals surface area contributed by atoms with E-state index in [-0.39, 0.29) is 45.3 Å². The van der Waals surface area contributed by atoms with Crippen LogP contribution in [0, 0.1) is 0 Å². The highest BCUT2D eigenvalue weighted by Gasteiger charge is 2.30. The summed E-state index contributed by atoms with van der Waals surface area (Å²) in [6, 6.07) is 5.94. The van der Waals surface area contributed by atoms with Crippen molar-refractivity contribution >= 4 is 73.8 Å². The minimum atomic E-state index is -3.61. The Kier molecular flexibility index (Phi) is 7.91. The molecule has 2 N–H and O–H groups in total. The number of carbonyl (C=O) groups is 3. The highest BCUT2D eigenvalue weighted by atomic mass is 35.5. The lowest BCUT2D eigenvalue weighted by atomic mass is 9.96. The molecule has 0 bridgehead atoms. The summed E-state index contributed by atoms with van der Waals surface area (Å²) >= 11 is 20.1. The second-order valence-electron chi connectivity index (χ2n) is 8.33. The van der Waals surface area contributed by atoms with E-state index in [0.29, 0.717) is 33.3 Å². The van der Waals surface area contributed by atoms with E-state index in [1.165, 1.54) is 23.5 Å². The predicted molar refractivity (Wildman–Crippen MR) is 139 cm³/mol. The van der Waals surface area contributed by atoms with Crippen LogP contribution in [-0.2, 0) is 34.0 Å². The minimum absolute atomic E-state index is 0.00350. The molecular formula is C23H19Cl3N2O7S2. The van der Waals surface area contributed by atoms with Crippen molar-refractivity contribution in [2.45, 2.75) is 30.5 Å². The topological polar surface area (TPSA) is 134 Å². The molecule has 0 radical (unpaired) electrons. The molecule has 0 aliphatic carbocycles. The van der Waals surface area contributed by atoms with Gasteiger partial charge in [-0.25, -0.2) is 13.2 Å². The summed E-state index contributed by atoms with van der Waals surface area (Å²) in [5, 5.41) is 11.8. The summed E-state index contributed by atoms with van der Waals surface area (Å²) in [6.45, 7) is 0.576. The van der Waals surface area contributed by atoms with Crippen molar-refractivity contribution in [1.82, 2.24) is 10.2 Å². The van der Waals surface area contributed by atoms with Crippen molar-refractivity contribution in [3.63, 3.8) is 0 Å². The molecule has 14 heteroatoms. The molecule has 3 heterocycles. The van der Waals surface area contributed by atoms with Crippen molar-refractivity contribution in [2.75, 3.05) is 12.8 Å². The Morgan fingerprint density at radius 1 is 1.19 bits per heavy atom. The molecule has 1 atom stereocenters. The molecule has 0 saturated heterocycles. The van der Waals surface area contributed by atoms with E-state index < -0.39 is 27.8 Å². The average molecular weight is 606 g/mol. The third kappa shape index (κ3) is 5.96. The Balaban J connectivity index is 1.53. The number of fused-ring (bicyclic) bond motifs is 1. The molecule has 196 valence electrons. The number of carboxylic acid groups (broad SMARTS) is 1. The van der Waals surface area contributed by atoms with Crippen LogP contribution in [0.3, 0.4) is 0 Å². The van der Waals surface area contributed by atoms with E-state index in [4.69, 9.17) is 39.2 Å². The van der Waals surface area contributed by atoms with E-state index in [9.17, 15) is 27.9 Å². The molecule has 1 aliphatic heterocycles. The number of aliphatic carboxylic acids is 1. The molecule has 0 spiro atoms. The summed E-state index contributed by atoms with van der Waals surface area (Å²) in [6.07, 6.45) is 1.01. The van der Waals surface area contributed by atoms with Crippen molar-refractivity contribution < 1.29 is 32.3 Å². The summed E-state index contributed by atoms with van der Waals surface area (Å²) in [5.41, 5.74) is 1.22. The van der Waals surface area contributed by atoms with Crippen LogP contribution in [0.2, 0.25) is 14.4 Å². The zero-order valence-corrected chi connectivity index (χ0v) is 23.0. The van der Waals surface area contributed by atoms with Crippen molar-refractivity contribution in [1.29, 1.82) is 0 Å². The number of sulfone groups is 1. The number of amides is 2. The van der Waals surface area contributed by atoms with E-state index in [0.717, 1.165) is 6.26 Å². The summed E-state index contributed by atoms with van der Waals surface area (Å²) in [5.74, 6) is -2.30. The highest BCUT2D eigenvalue weighted by Crippen LogP contribution is 2.35. The van der Waals surface area contributed by atoms with Gasteiger partial charge in [0.25, 0.3) is 11.8 Å². The van der Waals surface area contributed by atoms with Gasteiger partial charge in [-0.3, -0.25) is 9.59 Å². The smallest absolute Gasteiger partial charge is 0.326 e. The Hall–Kier alpha value is -2.57. The molecule has 3 aromatic rings. The maximum Gasteiger partial charge on any atom is 0.326 e. The van der Waals surface area contributed by atoms with Crippen molar-refractivity contribution in [3.05, 3.63) is 72.0 Å². The molecule has 0 saturated carbocycles. The molecular weight excluding hydrogens is 587 g/mol. The van der Waals surface area contributed by atoms with Crippen LogP contribution in [-0.4, -0.2) is 55.1 Å². The number of rotatable bonds is 7. The molecule has 2 amide bonds. The van der Waals surface area contributed by atoms with Gasteiger partial charge in [-0.2, -0.15) is 0 Å². The predicted octanol–water partition coefficient (Wildman–Crippen LogP) is 4.33. The van der Waals surface area contributed by atoms with Crippen LogP contribution in [0.15, 0.2) is 39.8 Å². The number of furan rings is 1. The van der Waals surface area contributed by atoms with Crippen LogP contribution in [0.5, 0.6) is 0 Å². The zero-order chi connectivity index (χ0) is 27.1. The number of hydrogen-bond donors (Lipinski definition) is 2. The van der Waals surface area contributed by atoms with Gasteiger partial charge >= 0.3 is 5.97 Å². The monoisotopic (exact) mass is 604 g/mol. The Morgan fingerprint density at radius 2 is 1.92 bits per heavy atom. The number of nitrogens with one attached hydrogen (secondary N) is 1. The third-order valence-corrected chi connectivity index (χ3v) is 8.60. The first kappa shape index (κ1) is 27.5. The molecule has 4 rings (SSSR count). The SMILES string of the molecule is CS(=O)(=O)c1ccc(C[C@H](NC(=O)c2c(Cl)cc3c(c2Cl)CCN(C(=O)c2ccc(Cl)s2)C3)C(=O)O)o1. The normalized spacial score (nSPS) is 14.2. The first-order valence-electron chi connectivity index (χ1n) is 10.7. The van der Waals surface area contributed by atoms with Gasteiger partial charge in [-0.05, 0) is 47.9 Å². The average Bonchev–Trinajstić information content (AvgIpc) is 3.46. The summed E-state index contributed by atoms with van der Waals surface area (Å²) < 4.78 is 28.9. The van der Waals surface area contributed by atoms with Crippen LogP contribution in [0.25, 0.3) is 0 Å². The van der Waals surface area contributed by atoms with Gasteiger partial charge in [0.15, 0.2) is 0 Å². The largest absolute Gasteiger partial charge is 0.480 e. The molecule has 2 aromatic heterocycles. The van der Waals surface area contributed by atoms with E-state index in [1.54, 1.807) is 23.1 Å². The Morgan fingerprint density at radius 3 is 2.51 bits per heavy atom. The molecule has 1 aromatic carbocycles. The minimum Gasteiger partial charge on any atom is -0.480 e. The molecule has 9 nitrogen and oxygen atoms in total. The third-order valence-electron chi connectivity index (χ3n) is 5.71. The van der Waals surface area contributed by atoms with Gasteiger partial charge in [-0.1, -0.05) is 34.8 Å². The number of carboxylic acids is 1. The number of benzene rings is 1. The highest BCUT2D eigenvalue weighted by molar-refractivity contribution is 7.90. The molecule has 0 fully saturated rings. The van der Waals surface area contributed by atoms with Gasteiger partial charge in [0.1, 0.15) is 11.8 Å². The second-order valence-corrected chi connectivity index (χ2v) is 12.8. The first-order chi connectivity index (χ1) is 17.3. The first-order valence-corrected chi connectivity index (χ1v) is 14.6. The maximum absolute atomic E-state index is 13.1. The zero-order valence-electron chi connectivity index (χ0n) is 19.1.